The first-order valence-electron chi connectivity index (χ1n) is 5.89. The lowest BCUT2D eigenvalue weighted by atomic mass is 9.89. The molecule has 0 spiro atoms. The number of hydrogen-bond donors (Lipinski definition) is 2. The van der Waals surface area contributed by atoms with Crippen LogP contribution < -0.4 is 10.9 Å². The Hall–Kier alpha value is -1.32. The molecule has 2 N–H and O–H groups in total. The molecule has 1 heterocycles. The van der Waals surface area contributed by atoms with Crippen LogP contribution in [-0.2, 0) is 0 Å². The first kappa shape index (κ1) is 11.2. The summed E-state index contributed by atoms with van der Waals surface area (Å²) < 4.78 is 0. The Morgan fingerprint density at radius 3 is 2.81 bits per heavy atom. The number of rotatable bonds is 3. The topological polar surface area (TPSA) is 57.8 Å². The lowest BCUT2D eigenvalue weighted by Gasteiger charge is -2.23. The van der Waals surface area contributed by atoms with Crippen LogP contribution in [-0.4, -0.2) is 16.5 Å². The van der Waals surface area contributed by atoms with Crippen molar-refractivity contribution in [2.24, 2.45) is 5.41 Å². The van der Waals surface area contributed by atoms with Crippen LogP contribution in [0.5, 0.6) is 0 Å². The number of aryl methyl sites for hydroxylation is 1. The fraction of sp³-hybridized carbons (Fsp3) is 0.667. The van der Waals surface area contributed by atoms with Gasteiger partial charge in [-0.1, -0.05) is 19.8 Å². The Morgan fingerprint density at radius 2 is 2.19 bits per heavy atom. The molecule has 0 atom stereocenters. The van der Waals surface area contributed by atoms with Gasteiger partial charge in [0, 0.05) is 12.6 Å². The summed E-state index contributed by atoms with van der Waals surface area (Å²) in [6.45, 7) is 5.00. The molecule has 0 unspecified atom stereocenters. The highest BCUT2D eigenvalue weighted by atomic mass is 16.1. The third kappa shape index (κ3) is 2.62. The molecule has 1 aromatic heterocycles. The summed E-state index contributed by atoms with van der Waals surface area (Å²) in [5.74, 6) is 1.35. The van der Waals surface area contributed by atoms with Crippen LogP contribution in [0.1, 0.15) is 38.4 Å². The molecule has 1 fully saturated rings. The Bertz CT molecular complexity index is 419. The highest BCUT2D eigenvalue weighted by Gasteiger charge is 2.28. The number of H-pyrrole nitrogens is 1. The summed E-state index contributed by atoms with van der Waals surface area (Å²) in [5.41, 5.74) is 0.282. The number of nitrogens with zero attached hydrogens (tertiary/aromatic N) is 1. The first-order valence-corrected chi connectivity index (χ1v) is 5.89. The Kier molecular flexibility index (Phi) is 2.99. The summed E-state index contributed by atoms with van der Waals surface area (Å²) in [4.78, 5) is 18.2. The molecule has 4 heteroatoms. The fourth-order valence-electron chi connectivity index (χ4n) is 2.38. The molecule has 0 radical (unpaired) electrons. The number of anilines is 1. The van der Waals surface area contributed by atoms with Crippen molar-refractivity contribution in [3.8, 4) is 0 Å². The predicted molar refractivity (Wildman–Crippen MR) is 64.7 cm³/mol. The van der Waals surface area contributed by atoms with Crippen LogP contribution in [0.25, 0.3) is 0 Å². The maximum Gasteiger partial charge on any atom is 0.252 e. The molecule has 1 aromatic rings. The van der Waals surface area contributed by atoms with Gasteiger partial charge >= 0.3 is 0 Å². The van der Waals surface area contributed by atoms with Gasteiger partial charge in [-0.05, 0) is 25.2 Å². The predicted octanol–water partition coefficient (Wildman–Crippen LogP) is 2.07. The van der Waals surface area contributed by atoms with Gasteiger partial charge in [-0.25, -0.2) is 4.98 Å². The second-order valence-corrected chi connectivity index (χ2v) is 5.09. The number of aromatic amines is 1. The minimum atomic E-state index is -0.0911. The summed E-state index contributed by atoms with van der Waals surface area (Å²) >= 11 is 0. The van der Waals surface area contributed by atoms with Gasteiger partial charge in [0.15, 0.2) is 0 Å². The monoisotopic (exact) mass is 221 g/mol. The van der Waals surface area contributed by atoms with Crippen molar-refractivity contribution >= 4 is 5.82 Å². The SMILES string of the molecule is Cc1nc(NCC2(C)CCCC2)cc(=O)[nH]1. The Labute approximate surface area is 95.5 Å². The van der Waals surface area contributed by atoms with Crippen LogP contribution >= 0.6 is 0 Å². The first-order chi connectivity index (χ1) is 7.57. The van der Waals surface area contributed by atoms with Gasteiger partial charge in [-0.2, -0.15) is 0 Å². The molecular weight excluding hydrogens is 202 g/mol. The van der Waals surface area contributed by atoms with Crippen LogP contribution in [0.4, 0.5) is 5.82 Å². The van der Waals surface area contributed by atoms with Crippen molar-refractivity contribution in [2.75, 3.05) is 11.9 Å². The average molecular weight is 221 g/mol. The molecule has 1 saturated carbocycles. The molecule has 0 aromatic carbocycles. The lowest BCUT2D eigenvalue weighted by Crippen LogP contribution is -2.24. The van der Waals surface area contributed by atoms with Crippen molar-refractivity contribution in [1.82, 2.24) is 9.97 Å². The van der Waals surface area contributed by atoms with Gasteiger partial charge in [0.25, 0.3) is 5.56 Å². The zero-order valence-electron chi connectivity index (χ0n) is 9.97. The number of hydrogen-bond acceptors (Lipinski definition) is 3. The van der Waals surface area contributed by atoms with Gasteiger partial charge in [-0.3, -0.25) is 4.79 Å². The normalized spacial score (nSPS) is 18.6. The smallest absolute Gasteiger partial charge is 0.252 e. The molecular formula is C12H19N3O. The molecule has 0 bridgehead atoms. The average Bonchev–Trinajstić information content (AvgIpc) is 2.62. The van der Waals surface area contributed by atoms with E-state index in [4.69, 9.17) is 0 Å². The highest BCUT2D eigenvalue weighted by molar-refractivity contribution is 5.33. The van der Waals surface area contributed by atoms with Crippen molar-refractivity contribution < 1.29 is 0 Å². The van der Waals surface area contributed by atoms with Crippen LogP contribution in [0.15, 0.2) is 10.9 Å². The van der Waals surface area contributed by atoms with Crippen LogP contribution in [0, 0.1) is 12.3 Å². The van der Waals surface area contributed by atoms with E-state index in [2.05, 4.69) is 22.2 Å². The third-order valence-corrected chi connectivity index (χ3v) is 3.37. The van der Waals surface area contributed by atoms with Gasteiger partial charge in [-0.15, -0.1) is 0 Å². The van der Waals surface area contributed by atoms with E-state index in [9.17, 15) is 4.79 Å². The van der Waals surface area contributed by atoms with Gasteiger partial charge < -0.3 is 10.3 Å². The minimum absolute atomic E-state index is 0.0911. The van der Waals surface area contributed by atoms with Crippen molar-refractivity contribution in [3.63, 3.8) is 0 Å². The minimum Gasteiger partial charge on any atom is -0.369 e. The van der Waals surface area contributed by atoms with E-state index in [1.807, 2.05) is 0 Å². The summed E-state index contributed by atoms with van der Waals surface area (Å²) in [6.07, 6.45) is 5.17. The molecule has 0 saturated heterocycles. The molecule has 0 aliphatic heterocycles. The zero-order valence-corrected chi connectivity index (χ0v) is 9.97. The summed E-state index contributed by atoms with van der Waals surface area (Å²) in [6, 6.07) is 1.52. The fourth-order valence-corrected chi connectivity index (χ4v) is 2.38. The van der Waals surface area contributed by atoms with E-state index in [-0.39, 0.29) is 5.56 Å². The largest absolute Gasteiger partial charge is 0.369 e. The highest BCUT2D eigenvalue weighted by Crippen LogP contribution is 2.37. The molecule has 2 rings (SSSR count). The van der Waals surface area contributed by atoms with Gasteiger partial charge in [0.05, 0.1) is 0 Å². The zero-order chi connectivity index (χ0) is 11.6. The second-order valence-electron chi connectivity index (χ2n) is 5.09. The Balaban J connectivity index is 2.01. The molecule has 88 valence electrons. The second kappa shape index (κ2) is 4.28. The van der Waals surface area contributed by atoms with Crippen molar-refractivity contribution in [1.29, 1.82) is 0 Å². The quantitative estimate of drug-likeness (QED) is 0.821. The third-order valence-electron chi connectivity index (χ3n) is 3.37. The van der Waals surface area contributed by atoms with Crippen molar-refractivity contribution in [2.45, 2.75) is 39.5 Å². The maximum atomic E-state index is 11.3. The van der Waals surface area contributed by atoms with Gasteiger partial charge in [0.2, 0.25) is 0 Å². The standard InChI is InChI=1S/C12H19N3O/c1-9-14-10(7-11(16)15-9)13-8-12(2)5-3-4-6-12/h7H,3-6,8H2,1-2H3,(H2,13,14,15,16). The number of aromatic nitrogens is 2. The van der Waals surface area contributed by atoms with Crippen molar-refractivity contribution in [3.05, 3.63) is 22.2 Å². The molecule has 16 heavy (non-hydrogen) atoms. The maximum absolute atomic E-state index is 11.3. The Morgan fingerprint density at radius 1 is 1.50 bits per heavy atom. The van der Waals surface area contributed by atoms with E-state index in [1.165, 1.54) is 31.7 Å². The van der Waals surface area contributed by atoms with E-state index in [0.717, 1.165) is 6.54 Å². The summed E-state index contributed by atoms with van der Waals surface area (Å²) in [5, 5.41) is 3.28. The van der Waals surface area contributed by atoms with E-state index < -0.39 is 0 Å². The van der Waals surface area contributed by atoms with Crippen LogP contribution in [0.3, 0.4) is 0 Å². The van der Waals surface area contributed by atoms with Crippen LogP contribution in [0.2, 0.25) is 0 Å². The van der Waals surface area contributed by atoms with E-state index in [1.54, 1.807) is 6.92 Å². The molecule has 1 aliphatic carbocycles. The van der Waals surface area contributed by atoms with E-state index >= 15 is 0 Å². The lowest BCUT2D eigenvalue weighted by molar-refractivity contribution is 0.361. The molecule has 0 amide bonds. The molecule has 1 aliphatic rings. The van der Waals surface area contributed by atoms with E-state index in [0.29, 0.717) is 17.1 Å². The number of nitrogens with one attached hydrogen (secondary N) is 2. The van der Waals surface area contributed by atoms with Gasteiger partial charge in [0.1, 0.15) is 11.6 Å². The molecule has 4 nitrogen and oxygen atoms in total. The summed E-state index contributed by atoms with van der Waals surface area (Å²) in [7, 11) is 0.